The fourth-order valence-corrected chi connectivity index (χ4v) is 3.32. The van der Waals surface area contributed by atoms with E-state index in [0.29, 0.717) is 0 Å². The Morgan fingerprint density at radius 1 is 1.26 bits per heavy atom. The van der Waals surface area contributed by atoms with E-state index in [1.165, 1.54) is 0 Å². The molecule has 0 unspecified atom stereocenters. The molecule has 106 valence electrons. The van der Waals surface area contributed by atoms with Gasteiger partial charge in [0.1, 0.15) is 6.04 Å². The first kappa shape index (κ1) is 15.7. The van der Waals surface area contributed by atoms with Crippen molar-refractivity contribution in [2.75, 3.05) is 5.75 Å². The number of hydrogen-bond donors (Lipinski definition) is 2. The molecule has 0 aliphatic carbocycles. The van der Waals surface area contributed by atoms with Crippen molar-refractivity contribution < 1.29 is 18.3 Å². The Bertz CT molecular complexity index is 511. The summed E-state index contributed by atoms with van der Waals surface area (Å²) in [6, 6.07) is 7.81. The molecule has 1 atom stereocenters. The second kappa shape index (κ2) is 6.68. The first-order valence-corrected chi connectivity index (χ1v) is 7.72. The molecule has 1 rings (SSSR count). The molecule has 0 spiro atoms. The SMILES string of the molecule is CC(C)CS(=O)(=O)N[C@H](Cc1ccccc1)C(=O)O. The molecule has 6 heteroatoms. The summed E-state index contributed by atoms with van der Waals surface area (Å²) in [5.74, 6) is -1.30. The molecule has 19 heavy (non-hydrogen) atoms. The van der Waals surface area contributed by atoms with Gasteiger partial charge >= 0.3 is 5.97 Å². The van der Waals surface area contributed by atoms with E-state index in [0.717, 1.165) is 5.56 Å². The van der Waals surface area contributed by atoms with E-state index in [2.05, 4.69) is 4.72 Å². The zero-order chi connectivity index (χ0) is 14.5. The summed E-state index contributed by atoms with van der Waals surface area (Å²) >= 11 is 0. The Balaban J connectivity index is 2.77. The van der Waals surface area contributed by atoms with Gasteiger partial charge in [-0.3, -0.25) is 4.79 Å². The Labute approximate surface area is 113 Å². The lowest BCUT2D eigenvalue weighted by molar-refractivity contribution is -0.138. The molecule has 0 amide bonds. The molecule has 1 aromatic carbocycles. The lowest BCUT2D eigenvalue weighted by atomic mass is 10.1. The summed E-state index contributed by atoms with van der Waals surface area (Å²) in [4.78, 5) is 11.1. The van der Waals surface area contributed by atoms with Crippen LogP contribution in [0.2, 0.25) is 0 Å². The van der Waals surface area contributed by atoms with Crippen molar-refractivity contribution >= 4 is 16.0 Å². The molecule has 1 aromatic rings. The standard InChI is InChI=1S/C13H19NO4S/c1-10(2)9-19(17,18)14-12(13(15)16)8-11-6-4-3-5-7-11/h3-7,10,12,14H,8-9H2,1-2H3,(H,15,16)/t12-/m1/s1. The number of carboxylic acid groups (broad SMARTS) is 1. The van der Waals surface area contributed by atoms with E-state index in [9.17, 15) is 13.2 Å². The minimum atomic E-state index is -3.58. The van der Waals surface area contributed by atoms with Gasteiger partial charge in [0.15, 0.2) is 0 Å². The summed E-state index contributed by atoms with van der Waals surface area (Å²) in [5.41, 5.74) is 0.780. The molecule has 0 fully saturated rings. The maximum atomic E-state index is 11.8. The summed E-state index contributed by atoms with van der Waals surface area (Å²) in [5, 5.41) is 9.11. The molecule has 0 heterocycles. The molecule has 0 radical (unpaired) electrons. The summed E-state index contributed by atoms with van der Waals surface area (Å²) < 4.78 is 25.8. The van der Waals surface area contributed by atoms with E-state index in [-0.39, 0.29) is 18.1 Å². The Morgan fingerprint density at radius 2 is 1.84 bits per heavy atom. The van der Waals surface area contributed by atoms with Crippen LogP contribution in [0.25, 0.3) is 0 Å². The van der Waals surface area contributed by atoms with Crippen LogP contribution in [-0.2, 0) is 21.2 Å². The highest BCUT2D eigenvalue weighted by atomic mass is 32.2. The first-order valence-electron chi connectivity index (χ1n) is 6.07. The Kier molecular flexibility index (Phi) is 5.50. The Morgan fingerprint density at radius 3 is 2.32 bits per heavy atom. The van der Waals surface area contributed by atoms with Crippen molar-refractivity contribution in [3.05, 3.63) is 35.9 Å². The van der Waals surface area contributed by atoms with Crippen molar-refractivity contribution in [1.82, 2.24) is 4.72 Å². The second-order valence-electron chi connectivity index (χ2n) is 4.87. The number of aliphatic carboxylic acids is 1. The summed E-state index contributed by atoms with van der Waals surface area (Å²) in [6.07, 6.45) is 0.132. The van der Waals surface area contributed by atoms with Gasteiger partial charge in [0.05, 0.1) is 5.75 Å². The number of hydrogen-bond acceptors (Lipinski definition) is 3. The quantitative estimate of drug-likeness (QED) is 0.790. The number of sulfonamides is 1. The van der Waals surface area contributed by atoms with Crippen LogP contribution in [0.15, 0.2) is 30.3 Å². The molecular weight excluding hydrogens is 266 g/mol. The molecule has 0 bridgehead atoms. The van der Waals surface area contributed by atoms with Crippen molar-refractivity contribution in [2.24, 2.45) is 5.92 Å². The molecule has 0 aromatic heterocycles. The molecule has 0 saturated carbocycles. The maximum absolute atomic E-state index is 11.8. The number of carbonyl (C=O) groups is 1. The minimum Gasteiger partial charge on any atom is -0.480 e. The number of benzene rings is 1. The van der Waals surface area contributed by atoms with E-state index in [1.807, 2.05) is 6.07 Å². The second-order valence-corrected chi connectivity index (χ2v) is 6.67. The van der Waals surface area contributed by atoms with Crippen molar-refractivity contribution in [1.29, 1.82) is 0 Å². The fraction of sp³-hybridized carbons (Fsp3) is 0.462. The third-order valence-corrected chi connectivity index (χ3v) is 4.20. The first-order chi connectivity index (χ1) is 8.80. The smallest absolute Gasteiger partial charge is 0.322 e. The van der Waals surface area contributed by atoms with E-state index in [4.69, 9.17) is 5.11 Å². The summed E-state index contributed by atoms with van der Waals surface area (Å²) in [6.45, 7) is 3.54. The predicted molar refractivity (Wildman–Crippen MR) is 73.3 cm³/mol. The van der Waals surface area contributed by atoms with Gasteiger partial charge in [0.2, 0.25) is 10.0 Å². The Hall–Kier alpha value is -1.40. The van der Waals surface area contributed by atoms with Crippen LogP contribution in [0.5, 0.6) is 0 Å². The van der Waals surface area contributed by atoms with Crippen molar-refractivity contribution in [2.45, 2.75) is 26.3 Å². The summed E-state index contributed by atoms with van der Waals surface area (Å²) in [7, 11) is -3.58. The maximum Gasteiger partial charge on any atom is 0.322 e. The van der Waals surface area contributed by atoms with Gasteiger partial charge < -0.3 is 5.11 Å². The molecule has 2 N–H and O–H groups in total. The van der Waals surface area contributed by atoms with Gasteiger partial charge in [-0.05, 0) is 17.9 Å². The lowest BCUT2D eigenvalue weighted by Crippen LogP contribution is -2.43. The van der Waals surface area contributed by atoms with Crippen LogP contribution in [0, 0.1) is 5.92 Å². The van der Waals surface area contributed by atoms with Crippen LogP contribution in [0.1, 0.15) is 19.4 Å². The number of rotatable bonds is 7. The van der Waals surface area contributed by atoms with Gasteiger partial charge in [0.25, 0.3) is 0 Å². The molecule has 0 aliphatic rings. The average Bonchev–Trinajstić information content (AvgIpc) is 2.27. The van der Waals surface area contributed by atoms with Crippen molar-refractivity contribution in [3.8, 4) is 0 Å². The van der Waals surface area contributed by atoms with Crippen LogP contribution < -0.4 is 4.72 Å². The fourth-order valence-electron chi connectivity index (χ4n) is 1.73. The minimum absolute atomic E-state index is 0.0522. The molecule has 0 saturated heterocycles. The largest absolute Gasteiger partial charge is 0.480 e. The zero-order valence-corrected chi connectivity index (χ0v) is 11.9. The lowest BCUT2D eigenvalue weighted by Gasteiger charge is -2.15. The van der Waals surface area contributed by atoms with Crippen LogP contribution in [-0.4, -0.2) is 31.3 Å². The van der Waals surface area contributed by atoms with E-state index < -0.39 is 22.0 Å². The normalized spacial score (nSPS) is 13.4. The van der Waals surface area contributed by atoms with Crippen LogP contribution in [0.4, 0.5) is 0 Å². The van der Waals surface area contributed by atoms with Crippen molar-refractivity contribution in [3.63, 3.8) is 0 Å². The third-order valence-electron chi connectivity index (χ3n) is 2.46. The van der Waals surface area contributed by atoms with Gasteiger partial charge in [0, 0.05) is 0 Å². The highest BCUT2D eigenvalue weighted by molar-refractivity contribution is 7.89. The molecular formula is C13H19NO4S. The monoisotopic (exact) mass is 285 g/mol. The highest BCUT2D eigenvalue weighted by Gasteiger charge is 2.24. The number of nitrogens with one attached hydrogen (secondary N) is 1. The zero-order valence-electron chi connectivity index (χ0n) is 11.0. The average molecular weight is 285 g/mol. The number of carboxylic acids is 1. The topological polar surface area (TPSA) is 83.5 Å². The van der Waals surface area contributed by atoms with Gasteiger partial charge in [-0.1, -0.05) is 44.2 Å². The van der Waals surface area contributed by atoms with Crippen LogP contribution in [0.3, 0.4) is 0 Å². The van der Waals surface area contributed by atoms with Gasteiger partial charge in [-0.25, -0.2) is 13.1 Å². The van der Waals surface area contributed by atoms with Gasteiger partial charge in [-0.2, -0.15) is 0 Å². The van der Waals surface area contributed by atoms with Crippen LogP contribution >= 0.6 is 0 Å². The third kappa shape index (κ3) is 5.85. The van der Waals surface area contributed by atoms with Gasteiger partial charge in [-0.15, -0.1) is 0 Å². The molecule has 0 aliphatic heterocycles. The van der Waals surface area contributed by atoms with E-state index in [1.54, 1.807) is 38.1 Å². The predicted octanol–water partition coefficient (Wildman–Crippen LogP) is 1.26. The van der Waals surface area contributed by atoms with E-state index >= 15 is 0 Å². The highest BCUT2D eigenvalue weighted by Crippen LogP contribution is 2.06. The molecule has 5 nitrogen and oxygen atoms in total.